The molecule has 2 unspecified atom stereocenters. The van der Waals surface area contributed by atoms with E-state index in [2.05, 4.69) is 48.5 Å². The van der Waals surface area contributed by atoms with Crippen molar-refractivity contribution in [1.82, 2.24) is 10.2 Å². The van der Waals surface area contributed by atoms with Crippen molar-refractivity contribution >= 4 is 17.2 Å². The molecule has 1 aliphatic heterocycles. The third kappa shape index (κ3) is 2.42. The Kier molecular flexibility index (Phi) is 3.87. The van der Waals surface area contributed by atoms with Gasteiger partial charge in [-0.3, -0.25) is 10.1 Å². The lowest BCUT2D eigenvalue weighted by atomic mass is 9.66. The third-order valence-corrected chi connectivity index (χ3v) is 6.61. The van der Waals surface area contributed by atoms with Gasteiger partial charge in [0.1, 0.15) is 6.17 Å². The molecule has 1 amide bonds. The Bertz CT molecular complexity index is 503. The van der Waals surface area contributed by atoms with E-state index in [4.69, 9.17) is 0 Å². The van der Waals surface area contributed by atoms with Gasteiger partial charge in [0.25, 0.3) is 0 Å². The van der Waals surface area contributed by atoms with E-state index in [-0.39, 0.29) is 12.1 Å². The lowest BCUT2D eigenvalue weighted by molar-refractivity contribution is -0.135. The Morgan fingerprint density at radius 2 is 2.14 bits per heavy atom. The summed E-state index contributed by atoms with van der Waals surface area (Å²) in [5.74, 6) is 0.281. The zero-order valence-electron chi connectivity index (χ0n) is 13.3. The van der Waals surface area contributed by atoms with E-state index in [0.717, 1.165) is 13.0 Å². The second-order valence-corrected chi connectivity index (χ2v) is 7.87. The van der Waals surface area contributed by atoms with Gasteiger partial charge in [0.15, 0.2) is 0 Å². The Labute approximate surface area is 131 Å². The first-order valence-electron chi connectivity index (χ1n) is 8.16. The minimum Gasteiger partial charge on any atom is -0.320 e. The third-order valence-electron chi connectivity index (χ3n) is 5.69. The van der Waals surface area contributed by atoms with Crippen LogP contribution in [0.3, 0.4) is 0 Å². The maximum atomic E-state index is 13.0. The molecule has 2 fully saturated rings. The highest BCUT2D eigenvalue weighted by molar-refractivity contribution is 7.10. The van der Waals surface area contributed by atoms with Gasteiger partial charge < -0.3 is 4.90 Å². The lowest BCUT2D eigenvalue weighted by Crippen LogP contribution is -2.46. The van der Waals surface area contributed by atoms with Crippen LogP contribution in [-0.2, 0) is 4.79 Å². The Morgan fingerprint density at radius 3 is 2.62 bits per heavy atom. The molecule has 0 aromatic carbocycles. The van der Waals surface area contributed by atoms with Crippen molar-refractivity contribution in [2.24, 2.45) is 5.41 Å². The maximum absolute atomic E-state index is 13.0. The van der Waals surface area contributed by atoms with Crippen molar-refractivity contribution in [2.75, 3.05) is 6.54 Å². The standard InChI is InChI=1S/C17H26N2OS/c1-4-16(3)15(20)19(12-17(5-2)9-7-10-17)14(18-16)13-8-6-11-21-13/h6,8,11,14,18H,4-5,7,9-10,12H2,1-3H3. The molecule has 1 N–H and O–H groups in total. The van der Waals surface area contributed by atoms with Crippen LogP contribution in [0.2, 0.25) is 0 Å². The summed E-state index contributed by atoms with van der Waals surface area (Å²) in [6, 6.07) is 4.22. The summed E-state index contributed by atoms with van der Waals surface area (Å²) in [4.78, 5) is 16.3. The quantitative estimate of drug-likeness (QED) is 0.894. The van der Waals surface area contributed by atoms with Crippen LogP contribution < -0.4 is 5.32 Å². The van der Waals surface area contributed by atoms with E-state index >= 15 is 0 Å². The largest absolute Gasteiger partial charge is 0.320 e. The molecule has 3 nitrogen and oxygen atoms in total. The molecule has 0 spiro atoms. The molecule has 4 heteroatoms. The van der Waals surface area contributed by atoms with Crippen LogP contribution in [0.15, 0.2) is 17.5 Å². The number of nitrogens with one attached hydrogen (secondary N) is 1. The van der Waals surface area contributed by atoms with Crippen molar-refractivity contribution in [3.8, 4) is 0 Å². The molecule has 1 aromatic heterocycles. The topological polar surface area (TPSA) is 32.3 Å². The van der Waals surface area contributed by atoms with Crippen LogP contribution in [0, 0.1) is 5.41 Å². The van der Waals surface area contributed by atoms with E-state index in [9.17, 15) is 4.79 Å². The van der Waals surface area contributed by atoms with Gasteiger partial charge in [0.2, 0.25) is 5.91 Å². The van der Waals surface area contributed by atoms with Gasteiger partial charge >= 0.3 is 0 Å². The highest BCUT2D eigenvalue weighted by Crippen LogP contribution is 2.47. The summed E-state index contributed by atoms with van der Waals surface area (Å²) in [6.45, 7) is 7.33. The Hall–Kier alpha value is -0.870. The summed E-state index contributed by atoms with van der Waals surface area (Å²) in [5.41, 5.74) is -0.0425. The zero-order valence-corrected chi connectivity index (χ0v) is 14.1. The molecule has 1 aromatic rings. The summed E-state index contributed by atoms with van der Waals surface area (Å²) in [7, 11) is 0. The van der Waals surface area contributed by atoms with E-state index in [1.807, 2.05) is 0 Å². The highest BCUT2D eigenvalue weighted by Gasteiger charge is 2.50. The number of carbonyl (C=O) groups excluding carboxylic acids is 1. The van der Waals surface area contributed by atoms with Crippen LogP contribution in [-0.4, -0.2) is 22.9 Å². The van der Waals surface area contributed by atoms with Gasteiger partial charge in [-0.1, -0.05) is 26.3 Å². The van der Waals surface area contributed by atoms with E-state index in [0.29, 0.717) is 5.41 Å². The van der Waals surface area contributed by atoms with Crippen LogP contribution in [0.4, 0.5) is 0 Å². The number of thiophene rings is 1. The second kappa shape index (κ2) is 5.40. The summed E-state index contributed by atoms with van der Waals surface area (Å²) in [6.07, 6.45) is 5.94. The molecule has 1 saturated carbocycles. The molecule has 21 heavy (non-hydrogen) atoms. The number of amides is 1. The van der Waals surface area contributed by atoms with Crippen molar-refractivity contribution in [3.05, 3.63) is 22.4 Å². The zero-order chi connectivity index (χ0) is 15.1. The minimum atomic E-state index is -0.409. The maximum Gasteiger partial charge on any atom is 0.244 e. The number of carbonyl (C=O) groups is 1. The fourth-order valence-corrected chi connectivity index (χ4v) is 4.41. The predicted octanol–water partition coefficient (Wildman–Crippen LogP) is 3.93. The second-order valence-electron chi connectivity index (χ2n) is 6.89. The highest BCUT2D eigenvalue weighted by atomic mass is 32.1. The lowest BCUT2D eigenvalue weighted by Gasteiger charge is -2.45. The molecule has 116 valence electrons. The molecule has 0 bridgehead atoms. The minimum absolute atomic E-state index is 0.0616. The van der Waals surface area contributed by atoms with Gasteiger partial charge in [-0.2, -0.15) is 0 Å². The molecule has 2 heterocycles. The number of rotatable bonds is 5. The van der Waals surface area contributed by atoms with Crippen molar-refractivity contribution in [1.29, 1.82) is 0 Å². The summed E-state index contributed by atoms with van der Waals surface area (Å²) < 4.78 is 0. The Morgan fingerprint density at radius 1 is 1.38 bits per heavy atom. The first-order chi connectivity index (χ1) is 10.0. The normalized spacial score (nSPS) is 31.5. The van der Waals surface area contributed by atoms with Crippen LogP contribution in [0.25, 0.3) is 0 Å². The molecule has 1 saturated heterocycles. The molecule has 0 radical (unpaired) electrons. The van der Waals surface area contributed by atoms with Gasteiger partial charge in [0, 0.05) is 11.4 Å². The van der Waals surface area contributed by atoms with E-state index < -0.39 is 5.54 Å². The molecule has 1 aliphatic carbocycles. The van der Waals surface area contributed by atoms with Crippen molar-refractivity contribution in [3.63, 3.8) is 0 Å². The monoisotopic (exact) mass is 306 g/mol. The van der Waals surface area contributed by atoms with Crippen LogP contribution >= 0.6 is 11.3 Å². The summed E-state index contributed by atoms with van der Waals surface area (Å²) >= 11 is 1.74. The molecular formula is C17H26N2OS. The first kappa shape index (κ1) is 15.0. The smallest absolute Gasteiger partial charge is 0.244 e. The first-order valence-corrected chi connectivity index (χ1v) is 9.04. The van der Waals surface area contributed by atoms with Crippen molar-refractivity contribution < 1.29 is 4.79 Å². The van der Waals surface area contributed by atoms with E-state index in [1.165, 1.54) is 30.6 Å². The molecule has 2 aliphatic rings. The number of hydrogen-bond donors (Lipinski definition) is 1. The van der Waals surface area contributed by atoms with Gasteiger partial charge in [0.05, 0.1) is 5.54 Å². The average molecular weight is 306 g/mol. The van der Waals surface area contributed by atoms with Crippen LogP contribution in [0.5, 0.6) is 0 Å². The van der Waals surface area contributed by atoms with Gasteiger partial charge in [-0.05, 0) is 49.5 Å². The van der Waals surface area contributed by atoms with Gasteiger partial charge in [-0.15, -0.1) is 11.3 Å². The molecule has 2 atom stereocenters. The number of nitrogens with zero attached hydrogens (tertiary/aromatic N) is 1. The van der Waals surface area contributed by atoms with Crippen molar-refractivity contribution in [2.45, 2.75) is 64.6 Å². The van der Waals surface area contributed by atoms with Crippen LogP contribution in [0.1, 0.15) is 63.9 Å². The number of hydrogen-bond acceptors (Lipinski definition) is 3. The molecular weight excluding hydrogens is 280 g/mol. The Balaban J connectivity index is 1.88. The fraction of sp³-hybridized carbons (Fsp3) is 0.706. The molecule has 3 rings (SSSR count). The van der Waals surface area contributed by atoms with Gasteiger partial charge in [-0.25, -0.2) is 0 Å². The average Bonchev–Trinajstić information content (AvgIpc) is 3.05. The summed E-state index contributed by atoms with van der Waals surface area (Å²) in [5, 5.41) is 5.70. The predicted molar refractivity (Wildman–Crippen MR) is 87.2 cm³/mol. The SMILES string of the molecule is CCC1(CN2C(=O)C(C)(CC)NC2c2cccs2)CCC1. The van der Waals surface area contributed by atoms with E-state index in [1.54, 1.807) is 11.3 Å². The fourth-order valence-electron chi connectivity index (χ4n) is 3.63.